The van der Waals surface area contributed by atoms with Crippen LogP contribution in [0.15, 0.2) is 67.0 Å². The van der Waals surface area contributed by atoms with Gasteiger partial charge in [-0.1, -0.05) is 37.1 Å². The quantitative estimate of drug-likeness (QED) is 0.254. The highest BCUT2D eigenvalue weighted by atomic mass is 35.5. The number of benzene rings is 2. The van der Waals surface area contributed by atoms with Gasteiger partial charge in [0.25, 0.3) is 0 Å². The van der Waals surface area contributed by atoms with E-state index in [0.717, 1.165) is 50.2 Å². The summed E-state index contributed by atoms with van der Waals surface area (Å²) in [7, 11) is 0. The molecule has 0 saturated carbocycles. The Bertz CT molecular complexity index is 1400. The number of ether oxygens (including phenoxy) is 1. The molecule has 1 aliphatic rings. The molecule has 5 rings (SSSR count). The van der Waals surface area contributed by atoms with Gasteiger partial charge in [0, 0.05) is 36.6 Å². The first-order valence-electron chi connectivity index (χ1n) is 12.5. The molecule has 9 heteroatoms. The van der Waals surface area contributed by atoms with E-state index in [4.69, 9.17) is 21.4 Å². The molecule has 0 atom stereocenters. The number of carbonyl (C=O) groups excluding carboxylic acids is 1. The zero-order valence-corrected chi connectivity index (χ0v) is 21.4. The Labute approximate surface area is 221 Å². The van der Waals surface area contributed by atoms with Crippen LogP contribution in [-0.2, 0) is 19.4 Å². The summed E-state index contributed by atoms with van der Waals surface area (Å²) in [6.45, 7) is 3.99. The average molecular weight is 517 g/mol. The first-order valence-corrected chi connectivity index (χ1v) is 12.8. The first-order chi connectivity index (χ1) is 18.1. The molecule has 2 aromatic carbocycles. The van der Waals surface area contributed by atoms with E-state index in [9.17, 15) is 4.79 Å². The lowest BCUT2D eigenvalue weighted by molar-refractivity contribution is 0.262. The number of unbranched alkanes of at least 4 members (excludes halogenated alkanes) is 1. The van der Waals surface area contributed by atoms with Crippen molar-refractivity contribution in [3.8, 4) is 17.2 Å². The van der Waals surface area contributed by atoms with Crippen molar-refractivity contribution in [2.24, 2.45) is 0 Å². The number of hydrogen-bond acceptors (Lipinski definition) is 5. The number of aromatic nitrogens is 3. The minimum atomic E-state index is -0.369. The zero-order chi connectivity index (χ0) is 25.6. The summed E-state index contributed by atoms with van der Waals surface area (Å²) in [5.41, 5.74) is 5.08. The minimum absolute atomic E-state index is 0.369. The summed E-state index contributed by atoms with van der Waals surface area (Å²) in [5.74, 6) is 1.69. The molecule has 0 spiro atoms. The Morgan fingerprint density at radius 2 is 2.00 bits per heavy atom. The van der Waals surface area contributed by atoms with Crippen LogP contribution < -0.4 is 20.7 Å². The van der Waals surface area contributed by atoms with Crippen LogP contribution in [-0.4, -0.2) is 27.3 Å². The summed E-state index contributed by atoms with van der Waals surface area (Å²) in [5, 5.41) is 14.6. The highest BCUT2D eigenvalue weighted by Gasteiger charge is 2.16. The van der Waals surface area contributed by atoms with Crippen molar-refractivity contribution in [2.45, 2.75) is 39.2 Å². The third-order valence-electron chi connectivity index (χ3n) is 6.12. The third kappa shape index (κ3) is 6.28. The van der Waals surface area contributed by atoms with Crippen molar-refractivity contribution in [2.75, 3.05) is 17.2 Å². The second kappa shape index (κ2) is 11.5. The van der Waals surface area contributed by atoms with E-state index < -0.39 is 0 Å². The molecule has 8 nitrogen and oxygen atoms in total. The van der Waals surface area contributed by atoms with Crippen LogP contribution in [0.4, 0.5) is 16.3 Å². The van der Waals surface area contributed by atoms with Crippen LogP contribution in [0.5, 0.6) is 11.5 Å². The van der Waals surface area contributed by atoms with E-state index in [0.29, 0.717) is 28.0 Å². The van der Waals surface area contributed by atoms with Crippen LogP contribution in [0.1, 0.15) is 36.6 Å². The lowest BCUT2D eigenvalue weighted by atomic mass is 10.0. The maximum Gasteiger partial charge on any atom is 0.324 e. The SMILES string of the molecule is CCCCc1cc(NC(=O)Nc2cccc(Oc3cncc(Cl)c3)c2)n(-c2ccc3c(c2)CCNC3)n1. The number of nitrogens with zero attached hydrogens (tertiary/aromatic N) is 3. The van der Waals surface area contributed by atoms with Gasteiger partial charge >= 0.3 is 6.03 Å². The number of anilines is 2. The Hall–Kier alpha value is -3.88. The van der Waals surface area contributed by atoms with Crippen molar-refractivity contribution < 1.29 is 9.53 Å². The molecular weight excluding hydrogens is 488 g/mol. The largest absolute Gasteiger partial charge is 0.456 e. The summed E-state index contributed by atoms with van der Waals surface area (Å²) < 4.78 is 7.64. The van der Waals surface area contributed by atoms with Crippen molar-refractivity contribution in [1.82, 2.24) is 20.1 Å². The van der Waals surface area contributed by atoms with Crippen molar-refractivity contribution in [1.29, 1.82) is 0 Å². The van der Waals surface area contributed by atoms with Gasteiger partial charge in [-0.15, -0.1) is 0 Å². The van der Waals surface area contributed by atoms with E-state index in [-0.39, 0.29) is 6.03 Å². The van der Waals surface area contributed by atoms with Gasteiger partial charge in [-0.3, -0.25) is 10.3 Å². The molecule has 2 aromatic heterocycles. The summed E-state index contributed by atoms with van der Waals surface area (Å²) in [4.78, 5) is 17.0. The molecule has 37 heavy (non-hydrogen) atoms. The molecule has 1 aliphatic heterocycles. The van der Waals surface area contributed by atoms with Gasteiger partial charge in [-0.05, 0) is 61.2 Å². The lowest BCUT2D eigenvalue weighted by Crippen LogP contribution is -2.24. The maximum atomic E-state index is 13.0. The number of halogens is 1. The fraction of sp³-hybridized carbons (Fsp3) is 0.250. The monoisotopic (exact) mass is 516 g/mol. The van der Waals surface area contributed by atoms with Crippen LogP contribution in [0, 0.1) is 0 Å². The topological polar surface area (TPSA) is 93.1 Å². The Morgan fingerprint density at radius 3 is 2.86 bits per heavy atom. The number of fused-ring (bicyclic) bond motifs is 1. The van der Waals surface area contributed by atoms with E-state index in [1.54, 1.807) is 36.5 Å². The van der Waals surface area contributed by atoms with Gasteiger partial charge in [0.1, 0.15) is 17.3 Å². The lowest BCUT2D eigenvalue weighted by Gasteiger charge is -2.18. The van der Waals surface area contributed by atoms with Gasteiger partial charge < -0.3 is 15.4 Å². The van der Waals surface area contributed by atoms with Gasteiger partial charge in [0.05, 0.1) is 22.6 Å². The second-order valence-electron chi connectivity index (χ2n) is 8.96. The number of amides is 2. The van der Waals surface area contributed by atoms with Crippen LogP contribution in [0.25, 0.3) is 5.69 Å². The smallest absolute Gasteiger partial charge is 0.324 e. The van der Waals surface area contributed by atoms with Gasteiger partial charge in [0.15, 0.2) is 0 Å². The Kier molecular flexibility index (Phi) is 7.67. The molecule has 0 aliphatic carbocycles. The Balaban J connectivity index is 1.33. The van der Waals surface area contributed by atoms with Crippen LogP contribution in [0.2, 0.25) is 5.02 Å². The van der Waals surface area contributed by atoms with E-state index in [2.05, 4.69) is 46.1 Å². The first kappa shape index (κ1) is 24.8. The molecular formula is C28H29ClN6O2. The number of rotatable bonds is 8. The number of hydrogen-bond donors (Lipinski definition) is 3. The highest BCUT2D eigenvalue weighted by Crippen LogP contribution is 2.26. The number of urea groups is 1. The number of pyridine rings is 1. The molecule has 3 heterocycles. The van der Waals surface area contributed by atoms with Gasteiger partial charge in [-0.2, -0.15) is 5.10 Å². The summed E-state index contributed by atoms with van der Waals surface area (Å²) in [6, 6.07) is 16.7. The minimum Gasteiger partial charge on any atom is -0.456 e. The van der Waals surface area contributed by atoms with E-state index in [1.165, 1.54) is 17.3 Å². The van der Waals surface area contributed by atoms with Crippen LogP contribution >= 0.6 is 11.6 Å². The summed E-state index contributed by atoms with van der Waals surface area (Å²) >= 11 is 5.99. The summed E-state index contributed by atoms with van der Waals surface area (Å²) in [6.07, 6.45) is 7.05. The molecule has 190 valence electrons. The van der Waals surface area contributed by atoms with E-state index in [1.807, 2.05) is 10.7 Å². The number of carbonyl (C=O) groups is 1. The molecule has 0 fully saturated rings. The standard InChI is InChI=1S/C28H29ClN6O2/c1-2-3-5-23-15-27(35(34-23)24-9-8-20-16-30-11-10-19(20)12-24)33-28(36)32-22-6-4-7-25(14-22)37-26-13-21(29)17-31-18-26/h4,6-9,12-15,17-18,30H,2-3,5,10-11,16H2,1H3,(H2,32,33,36). The van der Waals surface area contributed by atoms with Gasteiger partial charge in [-0.25, -0.2) is 9.48 Å². The third-order valence-corrected chi connectivity index (χ3v) is 6.32. The van der Waals surface area contributed by atoms with E-state index >= 15 is 0 Å². The molecule has 0 saturated heterocycles. The van der Waals surface area contributed by atoms with Crippen molar-refractivity contribution >= 4 is 29.1 Å². The molecule has 0 bridgehead atoms. The normalized spacial score (nSPS) is 12.6. The predicted molar refractivity (Wildman–Crippen MR) is 146 cm³/mol. The fourth-order valence-electron chi connectivity index (χ4n) is 4.29. The molecule has 0 radical (unpaired) electrons. The number of nitrogens with one attached hydrogen (secondary N) is 3. The van der Waals surface area contributed by atoms with Crippen molar-refractivity contribution in [3.05, 3.63) is 88.8 Å². The molecule has 4 aromatic rings. The molecule has 3 N–H and O–H groups in total. The number of aryl methyl sites for hydroxylation is 1. The van der Waals surface area contributed by atoms with Gasteiger partial charge in [0.2, 0.25) is 0 Å². The Morgan fingerprint density at radius 1 is 1.08 bits per heavy atom. The predicted octanol–water partition coefficient (Wildman–Crippen LogP) is 6.35. The zero-order valence-electron chi connectivity index (χ0n) is 20.6. The highest BCUT2D eigenvalue weighted by molar-refractivity contribution is 6.30. The average Bonchev–Trinajstić information content (AvgIpc) is 3.29. The molecule has 0 unspecified atom stereocenters. The van der Waals surface area contributed by atoms with Crippen molar-refractivity contribution in [3.63, 3.8) is 0 Å². The van der Waals surface area contributed by atoms with Crippen LogP contribution in [0.3, 0.4) is 0 Å². The fourth-order valence-corrected chi connectivity index (χ4v) is 4.46. The second-order valence-corrected chi connectivity index (χ2v) is 9.40. The molecule has 2 amide bonds. The maximum absolute atomic E-state index is 13.0.